The maximum Gasteiger partial charge on any atom is 0.166 e. The fraction of sp³-hybridized carbons (Fsp3) is 0.185. The maximum absolute atomic E-state index is 6.14. The zero-order valence-electron chi connectivity index (χ0n) is 39.8. The molecule has 2 aromatic heterocycles. The lowest BCUT2D eigenvalue weighted by Gasteiger charge is -2.24. The molecule has 6 aromatic carbocycles. The number of aliphatic imine (C=N–C) groups is 2. The Morgan fingerprint density at radius 3 is 1.17 bits per heavy atom. The Morgan fingerprint density at radius 1 is 0.444 bits per heavy atom. The van der Waals surface area contributed by atoms with Crippen LogP contribution in [0.2, 0.25) is 0 Å². The Labute approximate surface area is 453 Å². The molecule has 0 unspecified atom stereocenters. The molecule has 0 N–H and O–H groups in total. The molecule has 0 aliphatic carbocycles. The van der Waals surface area contributed by atoms with E-state index < -0.39 is 0 Å². The number of thiazole rings is 2. The molecule has 2 aliphatic rings. The van der Waals surface area contributed by atoms with Gasteiger partial charge in [0.2, 0.25) is 0 Å². The zero-order chi connectivity index (χ0) is 49.9. The second-order valence-corrected chi connectivity index (χ2v) is 24.2. The summed E-state index contributed by atoms with van der Waals surface area (Å²) in [6, 6.07) is 45.3. The van der Waals surface area contributed by atoms with Crippen molar-refractivity contribution in [1.29, 1.82) is 0 Å². The highest BCUT2D eigenvalue weighted by Crippen LogP contribution is 2.55. The molecule has 10 rings (SSSR count). The summed E-state index contributed by atoms with van der Waals surface area (Å²) >= 11 is 22.3. The number of hydrogen-bond donors (Lipinski definition) is 0. The summed E-state index contributed by atoms with van der Waals surface area (Å²) in [5.41, 5.74) is 8.34. The van der Waals surface area contributed by atoms with E-state index in [9.17, 15) is 0 Å². The molecule has 0 spiro atoms. The Balaban J connectivity index is 0.898. The van der Waals surface area contributed by atoms with Crippen LogP contribution >= 0.6 is 94.2 Å². The van der Waals surface area contributed by atoms with Crippen LogP contribution in [0.1, 0.15) is 42.5 Å². The van der Waals surface area contributed by atoms with Gasteiger partial charge in [-0.15, -0.1) is 22.7 Å². The average molecular weight is 1100 g/mol. The topological polar surface area (TPSA) is 90.0 Å². The van der Waals surface area contributed by atoms with Crippen LogP contribution in [0.4, 0.5) is 11.4 Å². The number of methoxy groups -OCH3 is 6. The van der Waals surface area contributed by atoms with Crippen molar-refractivity contribution >= 4 is 114 Å². The average Bonchev–Trinajstić information content (AvgIpc) is 3.94. The van der Waals surface area contributed by atoms with Crippen LogP contribution < -0.4 is 28.4 Å². The van der Waals surface area contributed by atoms with Crippen LogP contribution in [-0.4, -0.2) is 60.5 Å². The molecule has 2 atom stereocenters. The molecule has 0 saturated carbocycles. The van der Waals surface area contributed by atoms with Crippen LogP contribution in [0.25, 0.3) is 11.4 Å². The quantitative estimate of drug-likeness (QED) is 0.0916. The van der Waals surface area contributed by atoms with Gasteiger partial charge in [0.1, 0.15) is 30.3 Å². The summed E-state index contributed by atoms with van der Waals surface area (Å²) in [4.78, 5) is 12.6. The number of ether oxygens (including phenoxy) is 6. The van der Waals surface area contributed by atoms with Crippen molar-refractivity contribution in [2.75, 3.05) is 42.7 Å². The first-order valence-electron chi connectivity index (χ1n) is 22.5. The van der Waals surface area contributed by atoms with Crippen molar-refractivity contribution in [2.45, 2.75) is 33.4 Å². The lowest BCUT2D eigenvalue weighted by molar-refractivity contribution is 0.354. The molecule has 366 valence electrons. The van der Waals surface area contributed by atoms with E-state index in [-0.39, 0.29) is 10.5 Å². The van der Waals surface area contributed by atoms with Crippen molar-refractivity contribution in [2.24, 2.45) is 9.98 Å². The van der Waals surface area contributed by atoms with Crippen LogP contribution in [0, 0.1) is 7.91 Å². The van der Waals surface area contributed by atoms with E-state index in [0.717, 1.165) is 84.9 Å². The second-order valence-electron chi connectivity index (χ2n) is 16.2. The highest BCUT2D eigenvalue weighted by atomic mass is 32.2. The number of hydrogen-bond acceptors (Lipinski definition) is 16. The van der Waals surface area contributed by atoms with E-state index in [1.54, 1.807) is 112 Å². The molecule has 8 aromatic rings. The van der Waals surface area contributed by atoms with E-state index in [2.05, 4.69) is 69.8 Å². The molecule has 0 bridgehead atoms. The third kappa shape index (κ3) is 10.5. The van der Waals surface area contributed by atoms with E-state index in [1.165, 1.54) is 20.9 Å². The van der Waals surface area contributed by atoms with Gasteiger partial charge in [0.05, 0.1) is 74.3 Å². The number of fused-ring (bicyclic) bond motifs is 2. The van der Waals surface area contributed by atoms with Crippen molar-refractivity contribution in [3.63, 3.8) is 0 Å². The normalized spacial score (nSPS) is 16.2. The van der Waals surface area contributed by atoms with Crippen molar-refractivity contribution in [3.05, 3.63) is 173 Å². The number of thioether (sulfide) groups is 4. The lowest BCUT2D eigenvalue weighted by atomic mass is 10.0. The van der Waals surface area contributed by atoms with Crippen LogP contribution in [0.5, 0.6) is 34.5 Å². The molecule has 4 heterocycles. The predicted octanol–water partition coefficient (Wildman–Crippen LogP) is 15.9. The first-order chi connectivity index (χ1) is 35.2. The van der Waals surface area contributed by atoms with Gasteiger partial charge in [0.25, 0.3) is 0 Å². The van der Waals surface area contributed by atoms with E-state index >= 15 is 0 Å². The fourth-order valence-electron chi connectivity index (χ4n) is 8.25. The van der Waals surface area contributed by atoms with Gasteiger partial charge in [-0.3, -0.25) is 9.13 Å². The molecule has 2 aliphatic heterocycles. The number of nitrogens with zero attached hydrogens (tertiary/aromatic N) is 4. The minimum atomic E-state index is -0.0621. The SMILES string of the molecule is COc1ccc(N=C2Sc3c(sc(=S)n3-c3ccc(CCc4ccc(-n5c6c(sc5=S)[C@@H](c5ccc(OC)c(OC)c5)SC(=Nc5ccc(OC)cc5)S6)cc4)cc3)[C@@H](c3ccc(OC)c(OC)c3)S2)cc1. The third-order valence-electron chi connectivity index (χ3n) is 12.0. The standard InChI is InChI=1S/C54H46N4O6S8/c1-59-39-23-15-35(16-24-39)55-51-67-45(33-13-27-41(61-3)43(29-33)63-5)47-49(71-51)57(53(65)69-47)37-19-9-31(10-20-37)7-8-32-11-21-38(22-12-32)58-50-48(70-54(58)66)46(34-14-28-42(62-4)44(30-34)64-6)68-52(72-50)56-36-17-25-40(60-2)26-18-36/h9-30,45-46H,7-8H2,1-6H3/t45-,46-/m1/s1. The zero-order valence-corrected chi connectivity index (χ0v) is 46.3. The second kappa shape index (κ2) is 22.4. The number of aromatic nitrogens is 2. The van der Waals surface area contributed by atoms with Gasteiger partial charge in [-0.25, -0.2) is 9.98 Å². The summed E-state index contributed by atoms with van der Waals surface area (Å²) < 4.78 is 41.2. The summed E-state index contributed by atoms with van der Waals surface area (Å²) in [7, 11) is 9.95. The molecule has 0 radical (unpaired) electrons. The Hall–Kier alpha value is -5.44. The van der Waals surface area contributed by atoms with Crippen molar-refractivity contribution in [3.8, 4) is 45.9 Å². The van der Waals surface area contributed by atoms with Gasteiger partial charge in [0.15, 0.2) is 30.9 Å². The number of benzene rings is 6. The summed E-state index contributed by atoms with van der Waals surface area (Å²) in [5.74, 6) is 4.28. The van der Waals surface area contributed by atoms with Gasteiger partial charge >= 0.3 is 0 Å². The largest absolute Gasteiger partial charge is 0.497 e. The molecule has 0 saturated heterocycles. The highest BCUT2D eigenvalue weighted by molar-refractivity contribution is 8.40. The van der Waals surface area contributed by atoms with Gasteiger partial charge in [-0.2, -0.15) is 0 Å². The molecular weight excluding hydrogens is 1060 g/mol. The van der Waals surface area contributed by atoms with E-state index in [0.29, 0.717) is 23.0 Å². The Morgan fingerprint density at radius 2 is 0.819 bits per heavy atom. The third-order valence-corrected chi connectivity index (χ3v) is 20.3. The molecule has 72 heavy (non-hydrogen) atoms. The monoisotopic (exact) mass is 1100 g/mol. The van der Waals surface area contributed by atoms with Gasteiger partial charge < -0.3 is 28.4 Å². The van der Waals surface area contributed by atoms with E-state index in [1.807, 2.05) is 72.8 Å². The molecule has 10 nitrogen and oxygen atoms in total. The number of rotatable bonds is 15. The lowest BCUT2D eigenvalue weighted by Crippen LogP contribution is -2.09. The first kappa shape index (κ1) is 50.1. The van der Waals surface area contributed by atoms with E-state index in [4.69, 9.17) is 62.8 Å². The molecular formula is C54H46N4O6S8. The van der Waals surface area contributed by atoms with Gasteiger partial charge in [0, 0.05) is 11.4 Å². The fourth-order valence-corrected chi connectivity index (χ4v) is 17.2. The predicted molar refractivity (Wildman–Crippen MR) is 306 cm³/mol. The van der Waals surface area contributed by atoms with Crippen LogP contribution in [-0.2, 0) is 12.8 Å². The summed E-state index contributed by atoms with van der Waals surface area (Å²) in [5, 5.41) is 2.00. The smallest absolute Gasteiger partial charge is 0.166 e. The number of aryl methyl sites for hydroxylation is 2. The molecule has 0 fully saturated rings. The minimum absolute atomic E-state index is 0.0621. The summed E-state index contributed by atoms with van der Waals surface area (Å²) in [6.07, 6.45) is 1.74. The van der Waals surface area contributed by atoms with Crippen molar-refractivity contribution < 1.29 is 28.4 Å². The van der Waals surface area contributed by atoms with Gasteiger partial charge in [-0.05, 0) is 180 Å². The van der Waals surface area contributed by atoms with Gasteiger partial charge in [-0.1, -0.05) is 59.9 Å². The highest BCUT2D eigenvalue weighted by Gasteiger charge is 2.35. The Kier molecular flexibility index (Phi) is 15.6. The van der Waals surface area contributed by atoms with Crippen LogP contribution in [0.15, 0.2) is 153 Å². The van der Waals surface area contributed by atoms with Crippen molar-refractivity contribution in [1.82, 2.24) is 9.13 Å². The Bertz CT molecular complexity index is 3210. The maximum atomic E-state index is 6.14. The van der Waals surface area contributed by atoms with Crippen LogP contribution in [0.3, 0.4) is 0 Å². The molecule has 0 amide bonds. The first-order valence-corrected chi connectivity index (χ1v) is 28.3. The molecule has 18 heteroatoms. The minimum Gasteiger partial charge on any atom is -0.497 e. The summed E-state index contributed by atoms with van der Waals surface area (Å²) in [6.45, 7) is 0.